The number of methoxy groups -OCH3 is 1. The molecule has 2 aromatic rings. The number of rotatable bonds is 7. The summed E-state index contributed by atoms with van der Waals surface area (Å²) in [6.07, 6.45) is 0.248. The molecule has 0 saturated carbocycles. The molecule has 1 saturated heterocycles. The van der Waals surface area contributed by atoms with Crippen molar-refractivity contribution in [2.45, 2.75) is 12.5 Å². The molecule has 1 unspecified atom stereocenters. The van der Waals surface area contributed by atoms with Gasteiger partial charge in [-0.05, 0) is 12.1 Å². The van der Waals surface area contributed by atoms with Crippen LogP contribution in [0.15, 0.2) is 48.5 Å². The first kappa shape index (κ1) is 19.6. The molecule has 0 spiro atoms. The number of piperazine rings is 1. The molecule has 1 aliphatic rings. The number of anilines is 1. The van der Waals surface area contributed by atoms with Gasteiger partial charge in [-0.2, -0.15) is 0 Å². The number of benzene rings is 2. The molecule has 8 heteroatoms. The zero-order valence-electron chi connectivity index (χ0n) is 15.8. The second-order valence-electron chi connectivity index (χ2n) is 6.50. The second-order valence-corrected chi connectivity index (χ2v) is 6.50. The number of para-hydroxylation sites is 3. The first-order valence-corrected chi connectivity index (χ1v) is 9.22. The lowest BCUT2D eigenvalue weighted by molar-refractivity contribution is -0.384. The third-order valence-corrected chi connectivity index (χ3v) is 4.82. The van der Waals surface area contributed by atoms with Crippen molar-refractivity contribution >= 4 is 17.3 Å². The van der Waals surface area contributed by atoms with Gasteiger partial charge in [-0.1, -0.05) is 30.3 Å². The van der Waals surface area contributed by atoms with E-state index in [1.54, 1.807) is 25.3 Å². The number of hydrogen-bond donors (Lipinski definition) is 2. The number of hydrogen-bond acceptors (Lipinski definition) is 6. The van der Waals surface area contributed by atoms with Crippen LogP contribution in [0.25, 0.3) is 0 Å². The quantitative estimate of drug-likeness (QED) is 0.563. The predicted octanol–water partition coefficient (Wildman–Crippen LogP) is 2.58. The standard InChI is InChI=1S/C20H24N4O4/c1-28-19-9-5-2-6-15(19)18-14-21-12-13-23(18)20(25)10-11-22-16-7-3-4-8-17(16)24(26)27/h2-9,18,21-22H,10-14H2,1H3. The lowest BCUT2D eigenvalue weighted by atomic mass is 10.0. The summed E-state index contributed by atoms with van der Waals surface area (Å²) in [6.45, 7) is 2.32. The average molecular weight is 384 g/mol. The Labute approximate surface area is 163 Å². The number of nitrogens with zero attached hydrogens (tertiary/aromatic N) is 2. The molecule has 28 heavy (non-hydrogen) atoms. The van der Waals surface area contributed by atoms with Crippen LogP contribution in [0.2, 0.25) is 0 Å². The van der Waals surface area contributed by atoms with Crippen LogP contribution in [-0.2, 0) is 4.79 Å². The first-order chi connectivity index (χ1) is 13.6. The Morgan fingerprint density at radius 2 is 2.04 bits per heavy atom. The summed E-state index contributed by atoms with van der Waals surface area (Å²) in [7, 11) is 1.62. The van der Waals surface area contributed by atoms with Crippen LogP contribution in [0.4, 0.5) is 11.4 Å². The van der Waals surface area contributed by atoms with Gasteiger partial charge >= 0.3 is 0 Å². The van der Waals surface area contributed by atoms with Gasteiger partial charge in [0, 0.05) is 44.2 Å². The zero-order chi connectivity index (χ0) is 19.9. The zero-order valence-corrected chi connectivity index (χ0v) is 15.8. The fourth-order valence-corrected chi connectivity index (χ4v) is 3.45. The van der Waals surface area contributed by atoms with Crippen LogP contribution in [-0.4, -0.2) is 49.0 Å². The summed E-state index contributed by atoms with van der Waals surface area (Å²) in [5.74, 6) is 0.760. The number of nitro benzene ring substituents is 1. The minimum absolute atomic E-state index is 0.00323. The molecule has 148 valence electrons. The predicted molar refractivity (Wildman–Crippen MR) is 107 cm³/mol. The normalized spacial score (nSPS) is 16.5. The molecule has 1 heterocycles. The Kier molecular flexibility index (Phi) is 6.44. The maximum Gasteiger partial charge on any atom is 0.292 e. The van der Waals surface area contributed by atoms with E-state index in [-0.39, 0.29) is 24.1 Å². The van der Waals surface area contributed by atoms with Gasteiger partial charge in [0.05, 0.1) is 18.1 Å². The number of nitrogens with one attached hydrogen (secondary N) is 2. The van der Waals surface area contributed by atoms with E-state index in [1.165, 1.54) is 6.07 Å². The maximum atomic E-state index is 12.9. The molecule has 8 nitrogen and oxygen atoms in total. The minimum Gasteiger partial charge on any atom is -0.496 e. The lowest BCUT2D eigenvalue weighted by Crippen LogP contribution is -2.49. The summed E-state index contributed by atoms with van der Waals surface area (Å²) in [5.41, 5.74) is 1.39. The monoisotopic (exact) mass is 384 g/mol. The molecule has 0 bridgehead atoms. The highest BCUT2D eigenvalue weighted by Crippen LogP contribution is 2.30. The topological polar surface area (TPSA) is 96.7 Å². The van der Waals surface area contributed by atoms with Crippen molar-refractivity contribution in [3.05, 3.63) is 64.2 Å². The average Bonchev–Trinajstić information content (AvgIpc) is 2.73. The van der Waals surface area contributed by atoms with Gasteiger partial charge in [0.1, 0.15) is 11.4 Å². The van der Waals surface area contributed by atoms with E-state index in [4.69, 9.17) is 4.74 Å². The second kappa shape index (κ2) is 9.18. The number of ether oxygens (including phenoxy) is 1. The Morgan fingerprint density at radius 1 is 1.29 bits per heavy atom. The first-order valence-electron chi connectivity index (χ1n) is 9.22. The largest absolute Gasteiger partial charge is 0.496 e. The number of carbonyl (C=O) groups is 1. The number of nitro groups is 1. The molecule has 1 aliphatic heterocycles. The van der Waals surface area contributed by atoms with Crippen molar-refractivity contribution in [1.82, 2.24) is 10.2 Å². The lowest BCUT2D eigenvalue weighted by Gasteiger charge is -2.37. The molecular formula is C20H24N4O4. The Morgan fingerprint density at radius 3 is 2.82 bits per heavy atom. The van der Waals surface area contributed by atoms with Gasteiger partial charge in [0.15, 0.2) is 0 Å². The van der Waals surface area contributed by atoms with E-state index >= 15 is 0 Å². The molecule has 2 aromatic carbocycles. The van der Waals surface area contributed by atoms with E-state index in [1.807, 2.05) is 29.2 Å². The van der Waals surface area contributed by atoms with Crippen LogP contribution < -0.4 is 15.4 Å². The van der Waals surface area contributed by atoms with Gasteiger partial charge in [-0.15, -0.1) is 0 Å². The third-order valence-electron chi connectivity index (χ3n) is 4.82. The molecule has 2 N–H and O–H groups in total. The molecule has 1 fully saturated rings. The summed E-state index contributed by atoms with van der Waals surface area (Å²) in [4.78, 5) is 25.4. The van der Waals surface area contributed by atoms with Gasteiger partial charge in [0.2, 0.25) is 5.91 Å². The third kappa shape index (κ3) is 4.40. The van der Waals surface area contributed by atoms with Crippen LogP contribution in [0.3, 0.4) is 0 Å². The minimum atomic E-state index is -0.432. The highest BCUT2D eigenvalue weighted by atomic mass is 16.6. The van der Waals surface area contributed by atoms with E-state index in [2.05, 4.69) is 10.6 Å². The van der Waals surface area contributed by atoms with E-state index in [0.717, 1.165) is 17.9 Å². The SMILES string of the molecule is COc1ccccc1C1CNCCN1C(=O)CCNc1ccccc1[N+](=O)[O-]. The Balaban J connectivity index is 1.66. The van der Waals surface area contributed by atoms with Crippen LogP contribution in [0.5, 0.6) is 5.75 Å². The van der Waals surface area contributed by atoms with E-state index < -0.39 is 4.92 Å². The Bertz CT molecular complexity index is 842. The fraction of sp³-hybridized carbons (Fsp3) is 0.350. The smallest absolute Gasteiger partial charge is 0.292 e. The highest BCUT2D eigenvalue weighted by Gasteiger charge is 2.29. The van der Waals surface area contributed by atoms with Gasteiger partial charge in [0.25, 0.3) is 5.69 Å². The Hall–Kier alpha value is -3.13. The molecule has 1 atom stereocenters. The summed E-state index contributed by atoms with van der Waals surface area (Å²) in [5, 5.41) is 17.4. The van der Waals surface area contributed by atoms with Gasteiger partial charge < -0.3 is 20.3 Å². The van der Waals surface area contributed by atoms with Crippen molar-refractivity contribution in [3.8, 4) is 5.75 Å². The van der Waals surface area contributed by atoms with Crippen LogP contribution in [0, 0.1) is 10.1 Å². The van der Waals surface area contributed by atoms with Crippen molar-refractivity contribution in [3.63, 3.8) is 0 Å². The molecule has 0 radical (unpaired) electrons. The number of carbonyl (C=O) groups excluding carboxylic acids is 1. The van der Waals surface area contributed by atoms with Crippen molar-refractivity contribution in [2.24, 2.45) is 0 Å². The molecule has 1 amide bonds. The summed E-state index contributed by atoms with van der Waals surface area (Å²) < 4.78 is 5.46. The van der Waals surface area contributed by atoms with Crippen molar-refractivity contribution < 1.29 is 14.5 Å². The fourth-order valence-electron chi connectivity index (χ4n) is 3.45. The number of amides is 1. The van der Waals surface area contributed by atoms with Crippen LogP contribution >= 0.6 is 0 Å². The highest BCUT2D eigenvalue weighted by molar-refractivity contribution is 5.78. The van der Waals surface area contributed by atoms with Crippen LogP contribution in [0.1, 0.15) is 18.0 Å². The summed E-state index contributed by atoms with van der Waals surface area (Å²) >= 11 is 0. The summed E-state index contributed by atoms with van der Waals surface area (Å²) in [6, 6.07) is 14.0. The van der Waals surface area contributed by atoms with E-state index in [0.29, 0.717) is 25.3 Å². The van der Waals surface area contributed by atoms with Gasteiger partial charge in [-0.3, -0.25) is 14.9 Å². The molecule has 3 rings (SSSR count). The van der Waals surface area contributed by atoms with Crippen molar-refractivity contribution in [1.29, 1.82) is 0 Å². The van der Waals surface area contributed by atoms with Gasteiger partial charge in [-0.25, -0.2) is 0 Å². The molecule has 0 aliphatic carbocycles. The maximum absolute atomic E-state index is 12.9. The van der Waals surface area contributed by atoms with E-state index in [9.17, 15) is 14.9 Å². The van der Waals surface area contributed by atoms with Crippen molar-refractivity contribution in [2.75, 3.05) is 38.6 Å². The molecular weight excluding hydrogens is 360 g/mol. The molecule has 0 aromatic heterocycles.